The van der Waals surface area contributed by atoms with Gasteiger partial charge in [-0.3, -0.25) is 4.84 Å². The summed E-state index contributed by atoms with van der Waals surface area (Å²) in [6.07, 6.45) is -4.15. The van der Waals surface area contributed by atoms with E-state index in [0.717, 1.165) is 5.56 Å². The van der Waals surface area contributed by atoms with Crippen LogP contribution in [0.2, 0.25) is 0 Å². The van der Waals surface area contributed by atoms with E-state index in [1.54, 1.807) is 31.2 Å². The predicted octanol–water partition coefficient (Wildman–Crippen LogP) is 2.03. The standard InChI is InChI=1S/C26H31NO9/c1-15(27(33-2)36-22-13-19(29)25(31)21(14-28)34-22)12-18(16-8-4-3-5-9-16)23-24(30)17-10-6-7-11-20(17)35-26(23)32/h3-11,15,18-19,21-22,25,28-31H,12-14H2,1-2H3/t15?,18?,19-,21-,22?,25-/m1/s1. The van der Waals surface area contributed by atoms with E-state index >= 15 is 0 Å². The normalized spacial score (nSPS) is 24.2. The molecule has 2 heterocycles. The first-order chi connectivity index (χ1) is 17.3. The largest absolute Gasteiger partial charge is 0.507 e. The number of aliphatic hydroxyl groups is 3. The van der Waals surface area contributed by atoms with Crippen molar-refractivity contribution in [1.29, 1.82) is 0 Å². The smallest absolute Gasteiger partial charge is 0.343 e. The molecule has 1 fully saturated rings. The van der Waals surface area contributed by atoms with Gasteiger partial charge in [0.2, 0.25) is 0 Å². The number of hydrogen-bond donors (Lipinski definition) is 4. The molecule has 2 aromatic carbocycles. The molecule has 10 nitrogen and oxygen atoms in total. The molecule has 1 saturated heterocycles. The van der Waals surface area contributed by atoms with Gasteiger partial charge in [-0.1, -0.05) is 47.7 Å². The number of fused-ring (bicyclic) bond motifs is 1. The highest BCUT2D eigenvalue weighted by molar-refractivity contribution is 5.84. The zero-order valence-corrected chi connectivity index (χ0v) is 20.1. The first-order valence-corrected chi connectivity index (χ1v) is 11.8. The maximum Gasteiger partial charge on any atom is 0.343 e. The van der Waals surface area contributed by atoms with Crippen molar-refractivity contribution in [3.63, 3.8) is 0 Å². The highest BCUT2D eigenvalue weighted by Crippen LogP contribution is 2.37. The molecule has 0 amide bonds. The van der Waals surface area contributed by atoms with Crippen molar-refractivity contribution in [1.82, 2.24) is 5.23 Å². The molecule has 36 heavy (non-hydrogen) atoms. The summed E-state index contributed by atoms with van der Waals surface area (Å²) in [4.78, 5) is 24.3. The Labute approximate surface area is 207 Å². The number of hydroxylamine groups is 2. The minimum absolute atomic E-state index is 0.0403. The van der Waals surface area contributed by atoms with Crippen molar-refractivity contribution in [2.24, 2.45) is 0 Å². The summed E-state index contributed by atoms with van der Waals surface area (Å²) in [6, 6.07) is 15.6. The summed E-state index contributed by atoms with van der Waals surface area (Å²) in [5, 5.41) is 42.2. The first-order valence-electron chi connectivity index (χ1n) is 11.8. The third-order valence-corrected chi connectivity index (χ3v) is 6.42. The maximum atomic E-state index is 13.0. The molecule has 0 spiro atoms. The van der Waals surface area contributed by atoms with Gasteiger partial charge >= 0.3 is 5.63 Å². The second-order valence-electron chi connectivity index (χ2n) is 8.85. The van der Waals surface area contributed by atoms with Crippen LogP contribution in [0.3, 0.4) is 0 Å². The average Bonchev–Trinajstić information content (AvgIpc) is 2.88. The molecule has 4 N–H and O–H groups in total. The van der Waals surface area contributed by atoms with E-state index in [2.05, 4.69) is 0 Å². The molecule has 4 rings (SSSR count). The lowest BCUT2D eigenvalue weighted by Crippen LogP contribution is -2.52. The van der Waals surface area contributed by atoms with E-state index in [9.17, 15) is 25.2 Å². The lowest BCUT2D eigenvalue weighted by Gasteiger charge is -2.38. The molecule has 0 aliphatic carbocycles. The van der Waals surface area contributed by atoms with Crippen molar-refractivity contribution in [2.45, 2.75) is 56.3 Å². The number of para-hydroxylation sites is 1. The molecular weight excluding hydrogens is 470 g/mol. The summed E-state index contributed by atoms with van der Waals surface area (Å²) < 4.78 is 11.1. The molecule has 0 bridgehead atoms. The Balaban J connectivity index is 1.63. The predicted molar refractivity (Wildman–Crippen MR) is 129 cm³/mol. The fourth-order valence-electron chi connectivity index (χ4n) is 4.57. The van der Waals surface area contributed by atoms with Gasteiger partial charge in [0.05, 0.1) is 36.8 Å². The molecule has 0 radical (unpaired) electrons. The Morgan fingerprint density at radius 1 is 1.11 bits per heavy atom. The van der Waals surface area contributed by atoms with Gasteiger partial charge in [-0.25, -0.2) is 9.63 Å². The highest BCUT2D eigenvalue weighted by atomic mass is 17.0. The number of aromatic hydroxyl groups is 1. The van der Waals surface area contributed by atoms with Crippen LogP contribution in [0.5, 0.6) is 5.75 Å². The van der Waals surface area contributed by atoms with Crippen LogP contribution in [0.4, 0.5) is 0 Å². The van der Waals surface area contributed by atoms with E-state index in [0.29, 0.717) is 11.0 Å². The fourth-order valence-corrected chi connectivity index (χ4v) is 4.57. The van der Waals surface area contributed by atoms with Crippen LogP contribution in [0.15, 0.2) is 63.8 Å². The van der Waals surface area contributed by atoms with Crippen molar-refractivity contribution in [3.8, 4) is 5.75 Å². The van der Waals surface area contributed by atoms with Crippen molar-refractivity contribution in [2.75, 3.05) is 13.7 Å². The molecule has 1 aromatic heterocycles. The van der Waals surface area contributed by atoms with Crippen LogP contribution in [-0.2, 0) is 14.4 Å². The zero-order valence-electron chi connectivity index (χ0n) is 20.1. The molecule has 6 atom stereocenters. The summed E-state index contributed by atoms with van der Waals surface area (Å²) in [7, 11) is 1.40. The lowest BCUT2D eigenvalue weighted by atomic mass is 9.86. The van der Waals surface area contributed by atoms with E-state index in [1.165, 1.54) is 12.3 Å². The van der Waals surface area contributed by atoms with Gasteiger partial charge in [0.1, 0.15) is 23.5 Å². The van der Waals surface area contributed by atoms with Crippen molar-refractivity contribution < 1.29 is 39.3 Å². The van der Waals surface area contributed by atoms with Crippen molar-refractivity contribution >= 4 is 11.0 Å². The minimum atomic E-state index is -1.24. The molecular formula is C26H31NO9. The number of rotatable bonds is 9. The van der Waals surface area contributed by atoms with Gasteiger partial charge in [-0.05, 0) is 31.0 Å². The van der Waals surface area contributed by atoms with E-state index in [4.69, 9.17) is 18.8 Å². The van der Waals surface area contributed by atoms with Gasteiger partial charge < -0.3 is 29.6 Å². The lowest BCUT2D eigenvalue weighted by molar-refractivity contribution is -0.440. The van der Waals surface area contributed by atoms with Crippen LogP contribution in [0.1, 0.15) is 36.8 Å². The Morgan fingerprint density at radius 2 is 1.81 bits per heavy atom. The van der Waals surface area contributed by atoms with Crippen molar-refractivity contribution in [3.05, 3.63) is 76.1 Å². The van der Waals surface area contributed by atoms with Gasteiger partial charge in [0.25, 0.3) is 0 Å². The van der Waals surface area contributed by atoms with Crippen LogP contribution in [0.25, 0.3) is 11.0 Å². The van der Waals surface area contributed by atoms with Gasteiger partial charge in [0, 0.05) is 12.3 Å². The van der Waals surface area contributed by atoms with E-state index in [-0.39, 0.29) is 24.2 Å². The van der Waals surface area contributed by atoms with Crippen LogP contribution >= 0.6 is 0 Å². The van der Waals surface area contributed by atoms with Gasteiger partial charge in [-0.2, -0.15) is 0 Å². The molecule has 10 heteroatoms. The number of nitrogens with zero attached hydrogens (tertiary/aromatic N) is 1. The van der Waals surface area contributed by atoms with Crippen LogP contribution in [0, 0.1) is 0 Å². The first kappa shape index (κ1) is 26.2. The molecule has 0 saturated carbocycles. The molecule has 1 aliphatic rings. The number of benzene rings is 2. The quantitative estimate of drug-likeness (QED) is 0.254. The average molecular weight is 502 g/mol. The molecule has 3 aromatic rings. The summed E-state index contributed by atoms with van der Waals surface area (Å²) in [6.45, 7) is 1.31. The Bertz CT molecular complexity index is 1200. The Kier molecular flexibility index (Phi) is 8.37. The maximum absolute atomic E-state index is 13.0. The monoisotopic (exact) mass is 501 g/mol. The highest BCUT2D eigenvalue weighted by Gasteiger charge is 2.39. The number of aliphatic hydroxyl groups excluding tert-OH is 3. The molecule has 194 valence electrons. The Morgan fingerprint density at radius 3 is 2.50 bits per heavy atom. The van der Waals surface area contributed by atoms with E-state index < -0.39 is 48.8 Å². The summed E-state index contributed by atoms with van der Waals surface area (Å²) in [5.74, 6) is -0.723. The van der Waals surface area contributed by atoms with Gasteiger partial charge in [-0.15, -0.1) is 0 Å². The topological polar surface area (TPSA) is 142 Å². The van der Waals surface area contributed by atoms with Crippen LogP contribution in [-0.4, -0.2) is 70.0 Å². The zero-order chi connectivity index (χ0) is 25.8. The second kappa shape index (κ2) is 11.5. The molecule has 3 unspecified atom stereocenters. The summed E-state index contributed by atoms with van der Waals surface area (Å²) in [5.41, 5.74) is 0.552. The second-order valence-corrected chi connectivity index (χ2v) is 8.85. The van der Waals surface area contributed by atoms with Gasteiger partial charge in [0.15, 0.2) is 6.29 Å². The number of hydrogen-bond acceptors (Lipinski definition) is 10. The molecule has 1 aliphatic heterocycles. The minimum Gasteiger partial charge on any atom is -0.507 e. The number of ether oxygens (including phenoxy) is 1. The SMILES string of the molecule is CON(OC1C[C@@H](O)[C@@H](O)[C@@H](CO)O1)C(C)CC(c1ccccc1)c1c(O)c2ccccc2oc1=O. The summed E-state index contributed by atoms with van der Waals surface area (Å²) >= 11 is 0. The third-order valence-electron chi connectivity index (χ3n) is 6.42. The van der Waals surface area contributed by atoms with Crippen LogP contribution < -0.4 is 5.63 Å². The fraction of sp³-hybridized carbons (Fsp3) is 0.423. The Hall–Kier alpha value is -2.83. The van der Waals surface area contributed by atoms with E-state index in [1.807, 2.05) is 30.3 Å². The third kappa shape index (κ3) is 5.45.